The molecule has 1 spiro atoms. The third kappa shape index (κ3) is 14.7. The average molecular weight is 1060 g/mol. The topological polar surface area (TPSA) is 212 Å². The minimum atomic E-state index is -1.37. The average Bonchev–Trinajstić information content (AvgIpc) is 3.39. The lowest BCUT2D eigenvalue weighted by Gasteiger charge is -2.53. The summed E-state index contributed by atoms with van der Waals surface area (Å²) in [7, 11) is 3.84. The third-order valence-corrected chi connectivity index (χ3v) is 17.0. The highest BCUT2D eigenvalue weighted by Gasteiger charge is 2.55. The number of Topliss-reactive ketones (excluding diaryl/α,β-unsaturated/α-hetero) is 1. The van der Waals surface area contributed by atoms with Crippen LogP contribution in [0.4, 0.5) is 5.69 Å². The first-order chi connectivity index (χ1) is 35.9. The smallest absolute Gasteiger partial charge is 0.348 e. The molecular formula is C60H89N3O13. The summed E-state index contributed by atoms with van der Waals surface area (Å²) in [6.07, 6.45) is 10.3. The van der Waals surface area contributed by atoms with E-state index in [-0.39, 0.29) is 48.2 Å². The molecule has 0 aromatic heterocycles. The molecule has 4 aliphatic rings. The summed E-state index contributed by atoms with van der Waals surface area (Å²) in [4.78, 5) is 55.7. The van der Waals surface area contributed by atoms with Crippen molar-refractivity contribution < 1.29 is 62.5 Å². The number of ether oxygens (including phenoxy) is 7. The zero-order chi connectivity index (χ0) is 56.3. The Morgan fingerprint density at radius 1 is 0.987 bits per heavy atom. The molecule has 1 aromatic carbocycles. The number of ketones is 1. The molecule has 76 heavy (non-hydrogen) atoms. The molecular weight excluding hydrogens is 971 g/mol. The molecule has 0 radical (unpaired) electrons. The zero-order valence-electron chi connectivity index (χ0n) is 47.5. The summed E-state index contributed by atoms with van der Waals surface area (Å²) in [5.74, 6) is -3.05. The van der Waals surface area contributed by atoms with E-state index in [0.29, 0.717) is 63.4 Å². The van der Waals surface area contributed by atoms with Gasteiger partial charge in [0.2, 0.25) is 12.2 Å². The van der Waals surface area contributed by atoms with Gasteiger partial charge in [-0.25, -0.2) is 4.79 Å². The maximum absolute atomic E-state index is 14.8. The van der Waals surface area contributed by atoms with Gasteiger partial charge in [-0.05, 0) is 119 Å². The van der Waals surface area contributed by atoms with Crippen LogP contribution < -0.4 is 10.2 Å². The Bertz CT molecular complexity index is 2270. The Labute approximate surface area is 452 Å². The molecule has 18 atom stereocenters. The number of carbonyl (C=O) groups is 4. The number of aliphatic hydroxyl groups is 2. The lowest BCUT2D eigenvalue weighted by atomic mass is 9.72. The van der Waals surface area contributed by atoms with Crippen molar-refractivity contribution in [2.24, 2.45) is 41.4 Å². The van der Waals surface area contributed by atoms with Crippen LogP contribution in [0, 0.1) is 65.1 Å². The van der Waals surface area contributed by atoms with Gasteiger partial charge in [-0.3, -0.25) is 14.4 Å². The van der Waals surface area contributed by atoms with Crippen LogP contribution in [0.1, 0.15) is 146 Å². The number of nitrogens with one attached hydrogen (secondary N) is 1. The first-order valence-electron chi connectivity index (χ1n) is 27.8. The second kappa shape index (κ2) is 27.3. The quantitative estimate of drug-likeness (QED) is 0.0235. The monoisotopic (exact) mass is 1060 g/mol. The Hall–Kier alpha value is -4.65. The predicted molar refractivity (Wildman–Crippen MR) is 289 cm³/mol. The maximum atomic E-state index is 14.8. The number of anilines is 1. The van der Waals surface area contributed by atoms with E-state index in [1.807, 2.05) is 97.8 Å². The number of hydrogen-bond donors (Lipinski definition) is 3. The van der Waals surface area contributed by atoms with Gasteiger partial charge >= 0.3 is 11.9 Å². The highest BCUT2D eigenvalue weighted by Crippen LogP contribution is 2.48. The van der Waals surface area contributed by atoms with Crippen molar-refractivity contribution in [1.82, 2.24) is 5.32 Å². The number of nitrogens with zero attached hydrogens (tertiary/aromatic N) is 2. The van der Waals surface area contributed by atoms with Crippen LogP contribution in [0.25, 0.3) is 6.08 Å². The highest BCUT2D eigenvalue weighted by molar-refractivity contribution is 5.98. The fourth-order valence-corrected chi connectivity index (χ4v) is 11.9. The molecule has 0 saturated carbocycles. The van der Waals surface area contributed by atoms with E-state index in [4.69, 9.17) is 39.6 Å². The van der Waals surface area contributed by atoms with Crippen LogP contribution in [0.3, 0.4) is 0 Å². The van der Waals surface area contributed by atoms with Crippen molar-refractivity contribution in [2.45, 2.75) is 206 Å². The van der Waals surface area contributed by atoms with Crippen LogP contribution in [0.5, 0.6) is 0 Å². The normalized spacial score (nSPS) is 32.5. The van der Waals surface area contributed by atoms with Gasteiger partial charge in [0.15, 0.2) is 11.9 Å². The number of terminal acetylenes is 1. The van der Waals surface area contributed by atoms with E-state index in [1.165, 1.54) is 13.0 Å². The van der Waals surface area contributed by atoms with Crippen LogP contribution in [0.2, 0.25) is 0 Å². The molecule has 5 rings (SSSR count). The van der Waals surface area contributed by atoms with Gasteiger partial charge in [0.05, 0.1) is 60.3 Å². The second-order valence-corrected chi connectivity index (χ2v) is 22.6. The number of amides is 1. The van der Waals surface area contributed by atoms with Crippen LogP contribution in [-0.2, 0) is 52.3 Å². The van der Waals surface area contributed by atoms with Gasteiger partial charge in [0, 0.05) is 56.8 Å². The van der Waals surface area contributed by atoms with Gasteiger partial charge < -0.3 is 53.6 Å². The van der Waals surface area contributed by atoms with Crippen molar-refractivity contribution in [3.8, 4) is 18.4 Å². The molecule has 4 heterocycles. The van der Waals surface area contributed by atoms with Crippen LogP contribution in [-0.4, -0.2) is 127 Å². The first-order valence-corrected chi connectivity index (χ1v) is 27.8. The Balaban J connectivity index is 1.24. The summed E-state index contributed by atoms with van der Waals surface area (Å²) in [6, 6.07) is 9.29. The summed E-state index contributed by atoms with van der Waals surface area (Å²) >= 11 is 0. The van der Waals surface area contributed by atoms with Crippen molar-refractivity contribution in [3.63, 3.8) is 0 Å². The fraction of sp³-hybridized carbons (Fsp3) is 0.717. The molecule has 1 amide bonds. The molecule has 3 N–H and O–H groups in total. The summed E-state index contributed by atoms with van der Waals surface area (Å²) in [5.41, 5.74) is -0.506. The molecule has 422 valence electrons. The minimum Gasteiger partial charge on any atom is -0.460 e. The molecule has 3 saturated heterocycles. The number of hydrogen-bond acceptors (Lipinski definition) is 15. The fourth-order valence-electron chi connectivity index (χ4n) is 11.9. The lowest BCUT2D eigenvalue weighted by Crippen LogP contribution is -2.61. The Morgan fingerprint density at radius 3 is 2.26 bits per heavy atom. The predicted octanol–water partition coefficient (Wildman–Crippen LogP) is 8.26. The molecule has 4 aliphatic heterocycles. The molecule has 1 aromatic rings. The van der Waals surface area contributed by atoms with E-state index in [1.54, 1.807) is 19.1 Å². The van der Waals surface area contributed by atoms with E-state index in [9.17, 15) is 34.7 Å². The zero-order valence-corrected chi connectivity index (χ0v) is 47.5. The molecule has 1 unspecified atom stereocenters. The van der Waals surface area contributed by atoms with Crippen molar-refractivity contribution in [2.75, 3.05) is 32.1 Å². The van der Waals surface area contributed by atoms with Gasteiger partial charge in [0.25, 0.3) is 0 Å². The van der Waals surface area contributed by atoms with Gasteiger partial charge in [0.1, 0.15) is 24.0 Å². The lowest BCUT2D eigenvalue weighted by molar-refractivity contribution is -0.381. The summed E-state index contributed by atoms with van der Waals surface area (Å²) < 4.78 is 45.3. The van der Waals surface area contributed by atoms with Crippen molar-refractivity contribution in [3.05, 3.63) is 47.6 Å². The van der Waals surface area contributed by atoms with E-state index < -0.39 is 102 Å². The molecule has 0 bridgehead atoms. The number of aliphatic hydroxyl groups excluding tert-OH is 1. The third-order valence-electron chi connectivity index (χ3n) is 17.0. The van der Waals surface area contributed by atoms with Gasteiger partial charge in [-0.15, -0.1) is 12.3 Å². The summed E-state index contributed by atoms with van der Waals surface area (Å²) in [5, 5.41) is 35.9. The number of nitriles is 1. The number of rotatable bonds is 23. The number of benzene rings is 1. The standard InChI is InChI=1S/C60H89N3O13/c1-15-19-28-58(12,50-27-29-59(69,18-4)41(10)71-50)75-57-49(72-42(11)64)26-30-60(76-57)38(7)33-37(6)54(74-60)47(17-3)52(66)39(8)51(65)40(9)53-36(5)20-25-48(73-53)46(16-2)55(67)62-31-32-70-56(68)44(35-61)34-43-21-23-45(24-22-43)63(13)14/h1,21-24,26,30,34,36-41,46-51,53-54,57,65,69H,16-20,25,27-29,31-33H2,2-14H3,(H,62,67)/b44-34+/t36-,37-,38+,39-,40-,41-,46?,47-,48+,49+,50+,51+,53+,54-,57-,58-,59+,60-/m0/s1. The van der Waals surface area contributed by atoms with Crippen molar-refractivity contribution >= 4 is 35.4 Å². The Kier molecular flexibility index (Phi) is 22.3. The van der Waals surface area contributed by atoms with Crippen LogP contribution >= 0.6 is 0 Å². The van der Waals surface area contributed by atoms with Crippen LogP contribution in [0.15, 0.2) is 42.0 Å². The first kappa shape index (κ1) is 62.2. The molecule has 16 heteroatoms. The second-order valence-electron chi connectivity index (χ2n) is 22.6. The van der Waals surface area contributed by atoms with Gasteiger partial charge in [-0.2, -0.15) is 5.26 Å². The number of carbonyl (C=O) groups excluding carboxylic acids is 4. The maximum Gasteiger partial charge on any atom is 0.348 e. The highest BCUT2D eigenvalue weighted by atomic mass is 16.8. The largest absolute Gasteiger partial charge is 0.460 e. The summed E-state index contributed by atoms with van der Waals surface area (Å²) in [6.45, 7) is 20.6. The number of esters is 2. The van der Waals surface area contributed by atoms with E-state index in [2.05, 4.69) is 25.1 Å². The molecule has 16 nitrogen and oxygen atoms in total. The Morgan fingerprint density at radius 2 is 1.67 bits per heavy atom. The van der Waals surface area contributed by atoms with Gasteiger partial charge in [-0.1, -0.05) is 67.5 Å². The minimum absolute atomic E-state index is 0.0313. The van der Waals surface area contributed by atoms with E-state index in [0.717, 1.165) is 12.1 Å². The SMILES string of the molecule is C#CCC[C@](C)(O[C@H]1O[C@]2(C=C[C@H]1OC(C)=O)O[C@H]([C@@H](CC)C(=O)[C@@H](C)[C@@H](O)[C@H](C)[C@@H]1O[C@@H](C(CC)C(=O)NCCOC(=O)/C(C#N)=C/c3ccc(N(C)C)cc3)CC[C@@H]1C)[C@@H](C)C[C@H]2C)[C@H]1CC[C@](O)(CC)[C@H](C)O1. The molecule has 3 fully saturated rings. The molecule has 0 aliphatic carbocycles. The van der Waals surface area contributed by atoms with E-state index >= 15 is 0 Å². The van der Waals surface area contributed by atoms with Crippen molar-refractivity contribution in [1.29, 1.82) is 5.26 Å².